The van der Waals surface area contributed by atoms with E-state index in [1.807, 2.05) is 30.3 Å². The minimum absolute atomic E-state index is 0.00626. The zero-order chi connectivity index (χ0) is 18.9. The first kappa shape index (κ1) is 20.0. The highest BCUT2D eigenvalue weighted by Gasteiger charge is 2.21. The molecule has 2 aromatic rings. The molecule has 0 saturated carbocycles. The zero-order valence-electron chi connectivity index (χ0n) is 15.2. The lowest BCUT2D eigenvalue weighted by Gasteiger charge is -2.23. The second-order valence-electron chi connectivity index (χ2n) is 6.29. The molecule has 0 aliphatic carbocycles. The maximum atomic E-state index is 12.7. The first-order chi connectivity index (χ1) is 12.5. The van der Waals surface area contributed by atoms with E-state index in [4.69, 9.17) is 11.6 Å². The number of hydrogen-bond donors (Lipinski definition) is 1. The van der Waals surface area contributed by atoms with Gasteiger partial charge in [0, 0.05) is 13.6 Å². The van der Waals surface area contributed by atoms with E-state index in [0.29, 0.717) is 10.6 Å². The van der Waals surface area contributed by atoms with Crippen LogP contribution in [0.1, 0.15) is 48.1 Å². The van der Waals surface area contributed by atoms with Crippen molar-refractivity contribution in [1.82, 2.24) is 10.2 Å². The summed E-state index contributed by atoms with van der Waals surface area (Å²) in [6, 6.07) is 16.0. The Bertz CT molecular complexity index is 734. The van der Waals surface area contributed by atoms with Gasteiger partial charge in [-0.2, -0.15) is 0 Å². The molecule has 2 aromatic carbocycles. The maximum Gasteiger partial charge on any atom is 0.253 e. The van der Waals surface area contributed by atoms with Crippen LogP contribution in [0.2, 0.25) is 5.02 Å². The number of hydrogen-bond acceptors (Lipinski definition) is 2. The van der Waals surface area contributed by atoms with Crippen LogP contribution < -0.4 is 5.32 Å². The first-order valence-electron chi connectivity index (χ1n) is 8.87. The molecule has 1 unspecified atom stereocenters. The summed E-state index contributed by atoms with van der Waals surface area (Å²) >= 11 is 6.13. The lowest BCUT2D eigenvalue weighted by atomic mass is 10.0. The number of benzene rings is 2. The molecule has 0 saturated heterocycles. The number of carbonyl (C=O) groups excluding carboxylic acids is 2. The van der Waals surface area contributed by atoms with Gasteiger partial charge >= 0.3 is 0 Å². The van der Waals surface area contributed by atoms with Gasteiger partial charge in [0.1, 0.15) is 0 Å². The molecular weight excluding hydrogens is 348 g/mol. The Hall–Kier alpha value is -2.33. The van der Waals surface area contributed by atoms with Gasteiger partial charge in [0.25, 0.3) is 5.91 Å². The van der Waals surface area contributed by atoms with Crippen molar-refractivity contribution < 1.29 is 9.59 Å². The SMILES string of the molecule is CCCCN(C)C(=O)CC(NC(=O)c1ccccc1Cl)c1ccccc1. The van der Waals surface area contributed by atoms with E-state index in [-0.39, 0.29) is 18.2 Å². The number of unbranched alkanes of at least 4 members (excludes halogenated alkanes) is 1. The van der Waals surface area contributed by atoms with E-state index < -0.39 is 6.04 Å². The van der Waals surface area contributed by atoms with Gasteiger partial charge in [0.2, 0.25) is 5.91 Å². The third kappa shape index (κ3) is 5.60. The fraction of sp³-hybridized carbons (Fsp3) is 0.333. The van der Waals surface area contributed by atoms with Gasteiger partial charge in [-0.15, -0.1) is 0 Å². The quantitative estimate of drug-likeness (QED) is 0.743. The molecular formula is C21H25ClN2O2. The van der Waals surface area contributed by atoms with Gasteiger partial charge in [0.15, 0.2) is 0 Å². The molecule has 5 heteroatoms. The second kappa shape index (κ2) is 9.97. The van der Waals surface area contributed by atoms with E-state index in [1.165, 1.54) is 0 Å². The van der Waals surface area contributed by atoms with Crippen LogP contribution in [0.4, 0.5) is 0 Å². The normalized spacial score (nSPS) is 11.7. The Balaban J connectivity index is 2.16. The number of rotatable bonds is 8. The molecule has 2 rings (SSSR count). The second-order valence-corrected chi connectivity index (χ2v) is 6.70. The molecule has 0 radical (unpaired) electrons. The fourth-order valence-corrected chi connectivity index (χ4v) is 2.89. The fourth-order valence-electron chi connectivity index (χ4n) is 2.67. The molecule has 1 N–H and O–H groups in total. The van der Waals surface area contributed by atoms with Crippen LogP contribution in [0.25, 0.3) is 0 Å². The minimum Gasteiger partial charge on any atom is -0.346 e. The highest BCUT2D eigenvalue weighted by atomic mass is 35.5. The standard InChI is InChI=1S/C21H25ClN2O2/c1-3-4-14-24(2)20(25)15-19(16-10-6-5-7-11-16)23-21(26)17-12-8-9-13-18(17)22/h5-13,19H,3-4,14-15H2,1-2H3,(H,23,26). The molecule has 0 aliphatic rings. The summed E-state index contributed by atoms with van der Waals surface area (Å²) in [6.07, 6.45) is 2.20. The van der Waals surface area contributed by atoms with Crippen molar-refractivity contribution in [3.63, 3.8) is 0 Å². The summed E-state index contributed by atoms with van der Waals surface area (Å²) in [5.74, 6) is -0.278. The molecule has 2 amide bonds. The Labute approximate surface area is 160 Å². The lowest BCUT2D eigenvalue weighted by molar-refractivity contribution is -0.130. The summed E-state index contributed by atoms with van der Waals surface area (Å²) in [7, 11) is 1.80. The zero-order valence-corrected chi connectivity index (χ0v) is 16.0. The lowest BCUT2D eigenvalue weighted by Crippen LogP contribution is -2.35. The molecule has 0 fully saturated rings. The van der Waals surface area contributed by atoms with Crippen molar-refractivity contribution >= 4 is 23.4 Å². The smallest absolute Gasteiger partial charge is 0.253 e. The van der Waals surface area contributed by atoms with Crippen molar-refractivity contribution in [3.8, 4) is 0 Å². The van der Waals surface area contributed by atoms with E-state index in [2.05, 4.69) is 12.2 Å². The van der Waals surface area contributed by atoms with Crippen LogP contribution in [-0.4, -0.2) is 30.3 Å². The third-order valence-electron chi connectivity index (χ3n) is 4.28. The summed E-state index contributed by atoms with van der Waals surface area (Å²) in [5, 5.41) is 3.35. The first-order valence-corrected chi connectivity index (χ1v) is 9.25. The van der Waals surface area contributed by atoms with Crippen molar-refractivity contribution in [2.24, 2.45) is 0 Å². The van der Waals surface area contributed by atoms with E-state index in [9.17, 15) is 9.59 Å². The van der Waals surface area contributed by atoms with Crippen LogP contribution >= 0.6 is 11.6 Å². The highest BCUT2D eigenvalue weighted by Crippen LogP contribution is 2.21. The van der Waals surface area contributed by atoms with Crippen LogP contribution in [0.15, 0.2) is 54.6 Å². The molecule has 0 heterocycles. The maximum absolute atomic E-state index is 12.7. The number of carbonyl (C=O) groups is 2. The van der Waals surface area contributed by atoms with Crippen LogP contribution in [0, 0.1) is 0 Å². The van der Waals surface area contributed by atoms with Crippen molar-refractivity contribution in [3.05, 3.63) is 70.7 Å². The summed E-state index contributed by atoms with van der Waals surface area (Å²) in [6.45, 7) is 2.81. The van der Waals surface area contributed by atoms with E-state index >= 15 is 0 Å². The molecule has 0 aromatic heterocycles. The Morgan fingerprint density at radius 2 is 1.73 bits per heavy atom. The third-order valence-corrected chi connectivity index (χ3v) is 4.61. The minimum atomic E-state index is -0.406. The highest BCUT2D eigenvalue weighted by molar-refractivity contribution is 6.33. The number of amides is 2. The van der Waals surface area contributed by atoms with Gasteiger partial charge < -0.3 is 10.2 Å². The molecule has 0 aliphatic heterocycles. The van der Waals surface area contributed by atoms with Crippen molar-refractivity contribution in [2.45, 2.75) is 32.2 Å². The Morgan fingerprint density at radius 3 is 2.38 bits per heavy atom. The summed E-state index contributed by atoms with van der Waals surface area (Å²) < 4.78 is 0. The Kier molecular flexibility index (Phi) is 7.67. The molecule has 26 heavy (non-hydrogen) atoms. The van der Waals surface area contributed by atoms with E-state index in [0.717, 1.165) is 24.9 Å². The van der Waals surface area contributed by atoms with Crippen LogP contribution in [0.3, 0.4) is 0 Å². The van der Waals surface area contributed by atoms with Gasteiger partial charge in [0.05, 0.1) is 23.0 Å². The average Bonchev–Trinajstić information content (AvgIpc) is 2.66. The van der Waals surface area contributed by atoms with Gasteiger partial charge in [-0.25, -0.2) is 0 Å². The monoisotopic (exact) mass is 372 g/mol. The predicted molar refractivity (Wildman–Crippen MR) is 105 cm³/mol. The van der Waals surface area contributed by atoms with Crippen molar-refractivity contribution in [2.75, 3.05) is 13.6 Å². The van der Waals surface area contributed by atoms with Gasteiger partial charge in [-0.1, -0.05) is 67.4 Å². The molecule has 0 spiro atoms. The van der Waals surface area contributed by atoms with Gasteiger partial charge in [-0.3, -0.25) is 9.59 Å². The summed E-state index contributed by atoms with van der Waals surface area (Å²) in [4.78, 5) is 26.9. The average molecular weight is 373 g/mol. The largest absolute Gasteiger partial charge is 0.346 e. The molecule has 4 nitrogen and oxygen atoms in total. The number of nitrogens with one attached hydrogen (secondary N) is 1. The Morgan fingerprint density at radius 1 is 1.08 bits per heavy atom. The molecule has 1 atom stereocenters. The van der Waals surface area contributed by atoms with Gasteiger partial charge in [-0.05, 0) is 24.1 Å². The summed E-state index contributed by atoms with van der Waals surface area (Å²) in [5.41, 5.74) is 1.30. The topological polar surface area (TPSA) is 49.4 Å². The van der Waals surface area contributed by atoms with E-state index in [1.54, 1.807) is 36.2 Å². The number of halogens is 1. The predicted octanol–water partition coefficient (Wildman–Crippen LogP) is 4.46. The van der Waals surface area contributed by atoms with Crippen LogP contribution in [0.5, 0.6) is 0 Å². The molecule has 0 bridgehead atoms. The van der Waals surface area contributed by atoms with Crippen LogP contribution in [-0.2, 0) is 4.79 Å². The number of nitrogens with zero attached hydrogens (tertiary/aromatic N) is 1. The van der Waals surface area contributed by atoms with Crippen molar-refractivity contribution in [1.29, 1.82) is 0 Å². The molecule has 138 valence electrons.